The van der Waals surface area contributed by atoms with E-state index >= 15 is 0 Å². The normalized spacial score (nSPS) is 11.2. The lowest BCUT2D eigenvalue weighted by molar-refractivity contribution is -0.141. The van der Waals surface area contributed by atoms with Crippen molar-refractivity contribution in [1.82, 2.24) is 9.97 Å². The highest BCUT2D eigenvalue weighted by Crippen LogP contribution is 2.30. The Balaban J connectivity index is 2.19. The van der Waals surface area contributed by atoms with Gasteiger partial charge in [-0.15, -0.1) is 0 Å². The molecule has 0 atom stereocenters. The van der Waals surface area contributed by atoms with E-state index < -0.39 is 11.9 Å². The van der Waals surface area contributed by atoms with Crippen LogP contribution in [-0.4, -0.2) is 16.5 Å². The van der Waals surface area contributed by atoms with Gasteiger partial charge in [-0.05, 0) is 12.5 Å². The molecule has 0 unspecified atom stereocenters. The summed E-state index contributed by atoms with van der Waals surface area (Å²) in [6, 6.07) is 9.92. The predicted octanol–water partition coefficient (Wildman–Crippen LogP) is 3.51. The van der Waals surface area contributed by atoms with Crippen molar-refractivity contribution in [2.45, 2.75) is 19.7 Å². The molecule has 1 N–H and O–H groups in total. The molecule has 1 aromatic heterocycles. The Morgan fingerprint density at radius 2 is 1.86 bits per heavy atom. The summed E-state index contributed by atoms with van der Waals surface area (Å²) in [5.74, 6) is -0.215. The third kappa shape index (κ3) is 4.34. The Kier molecular flexibility index (Phi) is 4.62. The van der Waals surface area contributed by atoms with Crippen molar-refractivity contribution in [3.8, 4) is 5.88 Å². The summed E-state index contributed by atoms with van der Waals surface area (Å²) < 4.78 is 43.7. The van der Waals surface area contributed by atoms with Gasteiger partial charge in [0.1, 0.15) is 6.61 Å². The van der Waals surface area contributed by atoms with Crippen LogP contribution in [0, 0.1) is 0 Å². The van der Waals surface area contributed by atoms with Gasteiger partial charge in [0.15, 0.2) is 5.69 Å². The molecular weight excluding hydrogens is 283 g/mol. The first-order chi connectivity index (χ1) is 9.99. The van der Waals surface area contributed by atoms with Crippen molar-refractivity contribution in [3.05, 3.63) is 47.7 Å². The fourth-order valence-corrected chi connectivity index (χ4v) is 1.61. The van der Waals surface area contributed by atoms with Gasteiger partial charge in [0.05, 0.1) is 0 Å². The zero-order chi connectivity index (χ0) is 15.3. The Hall–Kier alpha value is -2.31. The minimum absolute atomic E-state index is 0.101. The molecule has 0 spiro atoms. The van der Waals surface area contributed by atoms with Gasteiger partial charge in [-0.2, -0.15) is 18.2 Å². The lowest BCUT2D eigenvalue weighted by atomic mass is 10.2. The summed E-state index contributed by atoms with van der Waals surface area (Å²) >= 11 is 0. The van der Waals surface area contributed by atoms with E-state index in [1.165, 1.54) is 0 Å². The monoisotopic (exact) mass is 297 g/mol. The van der Waals surface area contributed by atoms with Crippen LogP contribution in [0.4, 0.5) is 19.1 Å². The average molecular weight is 297 g/mol. The smallest absolute Gasteiger partial charge is 0.433 e. The molecule has 0 aliphatic rings. The number of rotatable bonds is 5. The molecule has 1 heterocycles. The summed E-state index contributed by atoms with van der Waals surface area (Å²) in [6.07, 6.45) is -4.54. The maximum absolute atomic E-state index is 12.8. The lowest BCUT2D eigenvalue weighted by Crippen LogP contribution is -2.13. The van der Waals surface area contributed by atoms with Crippen LogP contribution in [0.15, 0.2) is 36.4 Å². The number of halogens is 3. The third-order valence-corrected chi connectivity index (χ3v) is 2.56. The molecule has 1 aromatic carbocycles. The van der Waals surface area contributed by atoms with E-state index in [4.69, 9.17) is 4.74 Å². The summed E-state index contributed by atoms with van der Waals surface area (Å²) in [5, 5.41) is 2.66. The van der Waals surface area contributed by atoms with Crippen LogP contribution in [0.25, 0.3) is 0 Å². The molecule has 0 saturated carbocycles. The SMILES string of the molecule is CCNc1nc(OCc2ccccc2)cc(C(F)(F)F)n1. The van der Waals surface area contributed by atoms with Gasteiger partial charge >= 0.3 is 6.18 Å². The highest BCUT2D eigenvalue weighted by atomic mass is 19.4. The van der Waals surface area contributed by atoms with Gasteiger partial charge in [0, 0.05) is 12.6 Å². The maximum atomic E-state index is 12.8. The second-order valence-corrected chi connectivity index (χ2v) is 4.22. The highest BCUT2D eigenvalue weighted by molar-refractivity contribution is 5.32. The fraction of sp³-hybridized carbons (Fsp3) is 0.286. The number of ether oxygens (including phenoxy) is 1. The molecule has 4 nitrogen and oxygen atoms in total. The number of hydrogen-bond acceptors (Lipinski definition) is 4. The van der Waals surface area contributed by atoms with Crippen molar-refractivity contribution in [1.29, 1.82) is 0 Å². The molecule has 0 aliphatic carbocycles. The molecule has 112 valence electrons. The lowest BCUT2D eigenvalue weighted by Gasteiger charge is -2.11. The summed E-state index contributed by atoms with van der Waals surface area (Å²) in [4.78, 5) is 7.33. The third-order valence-electron chi connectivity index (χ3n) is 2.56. The minimum Gasteiger partial charge on any atom is -0.473 e. The molecule has 2 rings (SSSR count). The molecule has 0 saturated heterocycles. The highest BCUT2D eigenvalue weighted by Gasteiger charge is 2.34. The van der Waals surface area contributed by atoms with Crippen molar-refractivity contribution in [2.75, 3.05) is 11.9 Å². The zero-order valence-corrected chi connectivity index (χ0v) is 11.3. The van der Waals surface area contributed by atoms with Crippen LogP contribution >= 0.6 is 0 Å². The summed E-state index contributed by atoms with van der Waals surface area (Å²) in [6.45, 7) is 2.30. The summed E-state index contributed by atoms with van der Waals surface area (Å²) in [5.41, 5.74) is -0.189. The molecule has 0 fully saturated rings. The van der Waals surface area contributed by atoms with Gasteiger partial charge in [-0.25, -0.2) is 4.98 Å². The zero-order valence-electron chi connectivity index (χ0n) is 11.3. The molecule has 0 amide bonds. The average Bonchev–Trinajstić information content (AvgIpc) is 2.45. The van der Waals surface area contributed by atoms with Gasteiger partial charge in [-0.1, -0.05) is 30.3 Å². The Morgan fingerprint density at radius 3 is 2.48 bits per heavy atom. The van der Waals surface area contributed by atoms with Crippen molar-refractivity contribution in [2.24, 2.45) is 0 Å². The van der Waals surface area contributed by atoms with Crippen LogP contribution in [0.1, 0.15) is 18.2 Å². The van der Waals surface area contributed by atoms with E-state index in [1.54, 1.807) is 6.92 Å². The Bertz CT molecular complexity index is 588. The van der Waals surface area contributed by atoms with Crippen molar-refractivity contribution < 1.29 is 17.9 Å². The number of nitrogens with one attached hydrogen (secondary N) is 1. The number of nitrogens with zero attached hydrogens (tertiary/aromatic N) is 2. The molecule has 0 aliphatic heterocycles. The summed E-state index contributed by atoms with van der Waals surface area (Å²) in [7, 11) is 0. The first-order valence-electron chi connectivity index (χ1n) is 6.36. The Morgan fingerprint density at radius 1 is 1.14 bits per heavy atom. The quantitative estimate of drug-likeness (QED) is 0.917. The molecule has 0 bridgehead atoms. The second kappa shape index (κ2) is 6.43. The standard InChI is InChI=1S/C14H14F3N3O/c1-2-18-13-19-11(14(15,16)17)8-12(20-13)21-9-10-6-4-3-5-7-10/h3-8H,2,9H2,1H3,(H,18,19,20). The van der Waals surface area contributed by atoms with E-state index in [-0.39, 0.29) is 18.4 Å². The van der Waals surface area contributed by atoms with Gasteiger partial charge < -0.3 is 10.1 Å². The number of alkyl halides is 3. The van der Waals surface area contributed by atoms with Crippen LogP contribution in [0.3, 0.4) is 0 Å². The van der Waals surface area contributed by atoms with E-state index in [1.807, 2.05) is 30.3 Å². The predicted molar refractivity (Wildman–Crippen MR) is 72.0 cm³/mol. The number of aromatic nitrogens is 2. The van der Waals surface area contributed by atoms with E-state index in [0.29, 0.717) is 6.54 Å². The number of anilines is 1. The molecular formula is C14H14F3N3O. The molecule has 2 aromatic rings. The van der Waals surface area contributed by atoms with Crippen LogP contribution < -0.4 is 10.1 Å². The van der Waals surface area contributed by atoms with E-state index in [2.05, 4.69) is 15.3 Å². The molecule has 0 radical (unpaired) electrons. The topological polar surface area (TPSA) is 47.0 Å². The van der Waals surface area contributed by atoms with Crippen LogP contribution in [0.5, 0.6) is 5.88 Å². The number of benzene rings is 1. The van der Waals surface area contributed by atoms with E-state index in [9.17, 15) is 13.2 Å². The van der Waals surface area contributed by atoms with Crippen molar-refractivity contribution in [3.63, 3.8) is 0 Å². The maximum Gasteiger partial charge on any atom is 0.433 e. The van der Waals surface area contributed by atoms with Crippen LogP contribution in [0.2, 0.25) is 0 Å². The van der Waals surface area contributed by atoms with Gasteiger partial charge in [0.25, 0.3) is 0 Å². The second-order valence-electron chi connectivity index (χ2n) is 4.22. The van der Waals surface area contributed by atoms with Crippen LogP contribution in [-0.2, 0) is 12.8 Å². The first kappa shape index (κ1) is 15.1. The van der Waals surface area contributed by atoms with Crippen molar-refractivity contribution >= 4 is 5.95 Å². The van der Waals surface area contributed by atoms with E-state index in [0.717, 1.165) is 11.6 Å². The Labute approximate surface area is 120 Å². The number of hydrogen-bond donors (Lipinski definition) is 1. The molecule has 7 heteroatoms. The largest absolute Gasteiger partial charge is 0.473 e. The first-order valence-corrected chi connectivity index (χ1v) is 6.36. The fourth-order valence-electron chi connectivity index (χ4n) is 1.61. The van der Waals surface area contributed by atoms with Gasteiger partial charge in [0.2, 0.25) is 11.8 Å². The molecule has 21 heavy (non-hydrogen) atoms. The minimum atomic E-state index is -4.54. The van der Waals surface area contributed by atoms with Gasteiger partial charge in [-0.3, -0.25) is 0 Å².